The van der Waals surface area contributed by atoms with Gasteiger partial charge in [0, 0.05) is 24.5 Å². The van der Waals surface area contributed by atoms with Gasteiger partial charge in [-0.2, -0.15) is 5.10 Å². The summed E-state index contributed by atoms with van der Waals surface area (Å²) in [5, 5.41) is 8.26. The zero-order valence-corrected chi connectivity index (χ0v) is 14.7. The molecule has 110 valence electrons. The zero-order valence-electron chi connectivity index (χ0n) is 12.4. The van der Waals surface area contributed by atoms with E-state index in [0.717, 1.165) is 42.5 Å². The van der Waals surface area contributed by atoms with Gasteiger partial charge in [0.1, 0.15) is 0 Å². The van der Waals surface area contributed by atoms with Crippen LogP contribution in [-0.2, 0) is 19.5 Å². The molecule has 1 aromatic heterocycles. The Kier molecular flexibility index (Phi) is 6.84. The van der Waals surface area contributed by atoms with Gasteiger partial charge in [0.05, 0.1) is 15.9 Å². The smallest absolute Gasteiger partial charge is 0.0767 e. The highest BCUT2D eigenvalue weighted by Gasteiger charge is 2.22. The zero-order chi connectivity index (χ0) is 14.5. The van der Waals surface area contributed by atoms with Crippen molar-refractivity contribution >= 4 is 27.5 Å². The predicted octanol–water partition coefficient (Wildman–Crippen LogP) is 4.12. The fourth-order valence-corrected chi connectivity index (χ4v) is 3.20. The van der Waals surface area contributed by atoms with Crippen molar-refractivity contribution in [1.29, 1.82) is 0 Å². The molecule has 5 heteroatoms. The lowest BCUT2D eigenvalue weighted by atomic mass is 9.95. The highest BCUT2D eigenvalue weighted by atomic mass is 79.9. The molecule has 1 N–H and O–H groups in total. The lowest BCUT2D eigenvalue weighted by Gasteiger charge is -2.29. The Bertz CT molecular complexity index is 406. The molecule has 0 aliphatic rings. The Balaban J connectivity index is 2.84. The normalized spacial score (nSPS) is 14.6. The van der Waals surface area contributed by atoms with Crippen LogP contribution in [0.1, 0.15) is 51.9 Å². The molecule has 19 heavy (non-hydrogen) atoms. The first-order valence-corrected chi connectivity index (χ1v) is 8.39. The number of hydrogen-bond acceptors (Lipinski definition) is 2. The minimum absolute atomic E-state index is 0.0937. The molecule has 1 atom stereocenters. The number of rotatable bonds is 8. The number of nitrogens with zero attached hydrogens (tertiary/aromatic N) is 2. The summed E-state index contributed by atoms with van der Waals surface area (Å²) in [4.78, 5) is 0. The molecule has 3 nitrogen and oxygen atoms in total. The Morgan fingerprint density at radius 1 is 1.37 bits per heavy atom. The van der Waals surface area contributed by atoms with Crippen LogP contribution < -0.4 is 5.32 Å². The van der Waals surface area contributed by atoms with Crippen molar-refractivity contribution in [3.8, 4) is 0 Å². The van der Waals surface area contributed by atoms with Crippen LogP contribution in [0.2, 0.25) is 0 Å². The molecule has 1 aromatic rings. The van der Waals surface area contributed by atoms with Crippen molar-refractivity contribution < 1.29 is 0 Å². The predicted molar refractivity (Wildman–Crippen MR) is 85.9 cm³/mol. The number of nitrogens with one attached hydrogen (secondary N) is 1. The first-order chi connectivity index (χ1) is 9.01. The van der Waals surface area contributed by atoms with E-state index in [1.807, 2.05) is 0 Å². The fourth-order valence-electron chi connectivity index (χ4n) is 2.08. The quantitative estimate of drug-likeness (QED) is 0.715. The van der Waals surface area contributed by atoms with Gasteiger partial charge in [-0.05, 0) is 49.0 Å². The van der Waals surface area contributed by atoms with Crippen LogP contribution in [0.25, 0.3) is 0 Å². The van der Waals surface area contributed by atoms with Crippen LogP contribution in [0.4, 0.5) is 0 Å². The molecule has 0 radical (unpaired) electrons. The highest BCUT2D eigenvalue weighted by Crippen LogP contribution is 2.24. The summed E-state index contributed by atoms with van der Waals surface area (Å²) in [7, 11) is 0. The highest BCUT2D eigenvalue weighted by molar-refractivity contribution is 9.10. The summed E-state index contributed by atoms with van der Waals surface area (Å²) in [5.74, 6) is 0.686. The Labute approximate surface area is 130 Å². The lowest BCUT2D eigenvalue weighted by molar-refractivity contribution is 0.325. The van der Waals surface area contributed by atoms with Crippen LogP contribution in [0.15, 0.2) is 4.47 Å². The molecule has 0 aliphatic carbocycles. The lowest BCUT2D eigenvalue weighted by Crippen LogP contribution is -2.42. The van der Waals surface area contributed by atoms with Crippen LogP contribution in [0.3, 0.4) is 0 Å². The molecular formula is C14H25BrClN3. The SMILES string of the molecule is CCc1nn(CC)c(CNC(C)(CC)CCCl)c1Br. The second-order valence-electron chi connectivity index (χ2n) is 5.08. The molecule has 0 saturated heterocycles. The van der Waals surface area contributed by atoms with Gasteiger partial charge in [0.25, 0.3) is 0 Å². The summed E-state index contributed by atoms with van der Waals surface area (Å²) in [6.45, 7) is 10.4. The van der Waals surface area contributed by atoms with E-state index in [2.05, 4.69) is 58.7 Å². The third-order valence-electron chi connectivity index (χ3n) is 3.80. The monoisotopic (exact) mass is 349 g/mol. The molecule has 1 heterocycles. The van der Waals surface area contributed by atoms with Crippen LogP contribution in [0.5, 0.6) is 0 Å². The van der Waals surface area contributed by atoms with Gasteiger partial charge in [-0.25, -0.2) is 0 Å². The van der Waals surface area contributed by atoms with Gasteiger partial charge < -0.3 is 5.32 Å². The fraction of sp³-hybridized carbons (Fsp3) is 0.786. The topological polar surface area (TPSA) is 29.9 Å². The van der Waals surface area contributed by atoms with Crippen molar-refractivity contribution in [1.82, 2.24) is 15.1 Å². The van der Waals surface area contributed by atoms with Gasteiger partial charge in [0.2, 0.25) is 0 Å². The van der Waals surface area contributed by atoms with Gasteiger partial charge in [-0.1, -0.05) is 13.8 Å². The number of halogens is 2. The van der Waals surface area contributed by atoms with Crippen LogP contribution >= 0.6 is 27.5 Å². The molecule has 1 unspecified atom stereocenters. The van der Waals surface area contributed by atoms with Crippen LogP contribution in [-0.4, -0.2) is 21.2 Å². The van der Waals surface area contributed by atoms with Gasteiger partial charge in [0.15, 0.2) is 0 Å². The second-order valence-corrected chi connectivity index (χ2v) is 6.25. The average molecular weight is 351 g/mol. The molecular weight excluding hydrogens is 326 g/mol. The number of alkyl halides is 1. The molecule has 0 saturated carbocycles. The molecule has 0 amide bonds. The van der Waals surface area contributed by atoms with Crippen molar-refractivity contribution in [2.45, 2.75) is 65.6 Å². The van der Waals surface area contributed by atoms with E-state index in [1.165, 1.54) is 5.69 Å². The third kappa shape index (κ3) is 4.20. The largest absolute Gasteiger partial charge is 0.306 e. The van der Waals surface area contributed by atoms with E-state index in [0.29, 0.717) is 5.88 Å². The molecule has 1 rings (SSSR count). The van der Waals surface area contributed by atoms with Crippen molar-refractivity contribution in [2.24, 2.45) is 0 Å². The van der Waals surface area contributed by atoms with Crippen molar-refractivity contribution in [2.75, 3.05) is 5.88 Å². The minimum atomic E-state index is 0.0937. The maximum Gasteiger partial charge on any atom is 0.0767 e. The van der Waals surface area contributed by atoms with Gasteiger partial charge >= 0.3 is 0 Å². The number of aryl methyl sites for hydroxylation is 2. The van der Waals surface area contributed by atoms with E-state index < -0.39 is 0 Å². The number of aromatic nitrogens is 2. The molecule has 0 aliphatic heterocycles. The van der Waals surface area contributed by atoms with E-state index in [-0.39, 0.29) is 5.54 Å². The summed E-state index contributed by atoms with van der Waals surface area (Å²) >= 11 is 9.58. The van der Waals surface area contributed by atoms with Gasteiger partial charge in [-0.3, -0.25) is 4.68 Å². The van der Waals surface area contributed by atoms with E-state index >= 15 is 0 Å². The first kappa shape index (κ1) is 17.0. The van der Waals surface area contributed by atoms with Crippen molar-refractivity contribution in [3.63, 3.8) is 0 Å². The summed E-state index contributed by atoms with van der Waals surface area (Å²) in [5.41, 5.74) is 2.46. The summed E-state index contributed by atoms with van der Waals surface area (Å²) < 4.78 is 3.22. The van der Waals surface area contributed by atoms with E-state index in [1.54, 1.807) is 0 Å². The van der Waals surface area contributed by atoms with E-state index in [9.17, 15) is 0 Å². The Morgan fingerprint density at radius 3 is 2.53 bits per heavy atom. The number of hydrogen-bond donors (Lipinski definition) is 1. The first-order valence-electron chi connectivity index (χ1n) is 7.06. The third-order valence-corrected chi connectivity index (χ3v) is 4.91. The summed E-state index contributed by atoms with van der Waals surface area (Å²) in [6, 6.07) is 0. The summed E-state index contributed by atoms with van der Waals surface area (Å²) in [6.07, 6.45) is 3.00. The van der Waals surface area contributed by atoms with E-state index in [4.69, 9.17) is 11.6 Å². The standard InChI is InChI=1S/C14H25BrClN3/c1-5-11-13(15)12(19(7-3)18-11)10-17-14(4,6-2)8-9-16/h17H,5-10H2,1-4H3. The molecule has 0 aromatic carbocycles. The van der Waals surface area contributed by atoms with Crippen molar-refractivity contribution in [3.05, 3.63) is 15.9 Å². The minimum Gasteiger partial charge on any atom is -0.306 e. The Hall–Kier alpha value is -0.0600. The van der Waals surface area contributed by atoms with Crippen LogP contribution in [0, 0.1) is 0 Å². The Morgan fingerprint density at radius 2 is 2.05 bits per heavy atom. The molecule has 0 spiro atoms. The maximum absolute atomic E-state index is 5.90. The second kappa shape index (κ2) is 7.65. The average Bonchev–Trinajstić information content (AvgIpc) is 2.72. The molecule has 0 bridgehead atoms. The van der Waals surface area contributed by atoms with Gasteiger partial charge in [-0.15, -0.1) is 11.6 Å². The molecule has 0 fully saturated rings. The maximum atomic E-state index is 5.90.